The van der Waals surface area contributed by atoms with Crippen molar-refractivity contribution in [3.05, 3.63) is 59.8 Å². The molecular formula is C15H15N3O3. The van der Waals surface area contributed by atoms with E-state index in [4.69, 9.17) is 10.5 Å². The van der Waals surface area contributed by atoms with Crippen molar-refractivity contribution in [1.29, 1.82) is 0 Å². The number of nitrogens with zero attached hydrogens (tertiary/aromatic N) is 1. The summed E-state index contributed by atoms with van der Waals surface area (Å²) >= 11 is 0. The van der Waals surface area contributed by atoms with E-state index in [0.717, 1.165) is 5.56 Å². The SMILES string of the molecule is NC(=O)c1cccnc1NC(=O)COCc1ccccc1. The van der Waals surface area contributed by atoms with Crippen molar-refractivity contribution in [3.63, 3.8) is 0 Å². The molecule has 0 aliphatic carbocycles. The van der Waals surface area contributed by atoms with E-state index < -0.39 is 11.8 Å². The molecule has 0 spiro atoms. The van der Waals surface area contributed by atoms with E-state index in [2.05, 4.69) is 10.3 Å². The molecule has 2 rings (SSSR count). The van der Waals surface area contributed by atoms with Gasteiger partial charge in [-0.05, 0) is 17.7 Å². The number of primary amides is 1. The second kappa shape index (κ2) is 7.16. The Hall–Kier alpha value is -2.73. The number of rotatable bonds is 6. The van der Waals surface area contributed by atoms with Gasteiger partial charge in [0, 0.05) is 6.20 Å². The summed E-state index contributed by atoms with van der Waals surface area (Å²) in [5, 5.41) is 2.50. The minimum atomic E-state index is -0.649. The quantitative estimate of drug-likeness (QED) is 0.837. The van der Waals surface area contributed by atoms with Crippen LogP contribution in [0.25, 0.3) is 0 Å². The standard InChI is InChI=1S/C15H15N3O3/c16-14(20)12-7-4-8-17-15(12)18-13(19)10-21-9-11-5-2-1-3-6-11/h1-8H,9-10H2,(H2,16,20)(H,17,18,19). The van der Waals surface area contributed by atoms with Gasteiger partial charge in [-0.25, -0.2) is 4.98 Å². The number of nitrogens with two attached hydrogens (primary N) is 1. The first-order valence-electron chi connectivity index (χ1n) is 6.33. The highest BCUT2D eigenvalue weighted by molar-refractivity contribution is 6.02. The predicted molar refractivity (Wildman–Crippen MR) is 77.5 cm³/mol. The molecule has 0 radical (unpaired) electrons. The maximum atomic E-state index is 11.7. The number of benzene rings is 1. The zero-order valence-electron chi connectivity index (χ0n) is 11.3. The van der Waals surface area contributed by atoms with Gasteiger partial charge in [-0.1, -0.05) is 30.3 Å². The molecule has 2 aromatic rings. The van der Waals surface area contributed by atoms with Crippen LogP contribution >= 0.6 is 0 Å². The van der Waals surface area contributed by atoms with Crippen molar-refractivity contribution in [2.75, 3.05) is 11.9 Å². The molecule has 0 unspecified atom stereocenters. The van der Waals surface area contributed by atoms with E-state index in [1.807, 2.05) is 30.3 Å². The van der Waals surface area contributed by atoms with Crippen molar-refractivity contribution in [2.45, 2.75) is 6.61 Å². The Balaban J connectivity index is 1.86. The molecule has 0 aliphatic rings. The van der Waals surface area contributed by atoms with Gasteiger partial charge in [-0.3, -0.25) is 9.59 Å². The number of hydrogen-bond donors (Lipinski definition) is 2. The lowest BCUT2D eigenvalue weighted by Crippen LogP contribution is -2.22. The number of carbonyl (C=O) groups excluding carboxylic acids is 2. The number of anilines is 1. The molecule has 1 aromatic carbocycles. The summed E-state index contributed by atoms with van der Waals surface area (Å²) in [6.45, 7) is 0.197. The molecule has 0 aliphatic heterocycles. The highest BCUT2D eigenvalue weighted by Gasteiger charge is 2.11. The van der Waals surface area contributed by atoms with E-state index in [1.54, 1.807) is 6.07 Å². The molecular weight excluding hydrogens is 270 g/mol. The van der Waals surface area contributed by atoms with Gasteiger partial charge in [-0.15, -0.1) is 0 Å². The van der Waals surface area contributed by atoms with Crippen LogP contribution < -0.4 is 11.1 Å². The Labute approximate surface area is 121 Å². The predicted octanol–water partition coefficient (Wildman–Crippen LogP) is 1.34. The van der Waals surface area contributed by atoms with Gasteiger partial charge in [0.2, 0.25) is 0 Å². The summed E-state index contributed by atoms with van der Waals surface area (Å²) in [6, 6.07) is 12.6. The van der Waals surface area contributed by atoms with Crippen molar-refractivity contribution >= 4 is 17.6 Å². The van der Waals surface area contributed by atoms with Crippen LogP contribution in [0.3, 0.4) is 0 Å². The fraction of sp³-hybridized carbons (Fsp3) is 0.133. The largest absolute Gasteiger partial charge is 0.367 e. The Bertz CT molecular complexity index is 629. The number of ether oxygens (including phenoxy) is 1. The summed E-state index contributed by atoms with van der Waals surface area (Å²) in [5.74, 6) is -0.908. The first kappa shape index (κ1) is 14.7. The van der Waals surface area contributed by atoms with Gasteiger partial charge < -0.3 is 15.8 Å². The number of pyridine rings is 1. The zero-order chi connectivity index (χ0) is 15.1. The van der Waals surface area contributed by atoms with Crippen molar-refractivity contribution < 1.29 is 14.3 Å². The van der Waals surface area contributed by atoms with Crippen LogP contribution in [-0.4, -0.2) is 23.4 Å². The van der Waals surface area contributed by atoms with Gasteiger partial charge in [0.1, 0.15) is 12.4 Å². The molecule has 0 fully saturated rings. The van der Waals surface area contributed by atoms with E-state index in [-0.39, 0.29) is 18.0 Å². The van der Waals surface area contributed by atoms with Crippen LogP contribution in [0, 0.1) is 0 Å². The fourth-order valence-electron chi connectivity index (χ4n) is 1.71. The Kier molecular flexibility index (Phi) is 5.00. The van der Waals surface area contributed by atoms with Gasteiger partial charge in [0.15, 0.2) is 0 Å². The Morgan fingerprint density at radius 3 is 2.62 bits per heavy atom. The third kappa shape index (κ3) is 4.39. The number of nitrogens with one attached hydrogen (secondary N) is 1. The van der Waals surface area contributed by atoms with Crippen LogP contribution in [0.2, 0.25) is 0 Å². The molecule has 0 atom stereocenters. The number of aromatic nitrogens is 1. The minimum absolute atomic E-state index is 0.135. The highest BCUT2D eigenvalue weighted by atomic mass is 16.5. The second-order valence-electron chi connectivity index (χ2n) is 4.29. The maximum Gasteiger partial charge on any atom is 0.252 e. The van der Waals surface area contributed by atoms with Crippen molar-refractivity contribution in [3.8, 4) is 0 Å². The van der Waals surface area contributed by atoms with E-state index >= 15 is 0 Å². The first-order valence-corrected chi connectivity index (χ1v) is 6.33. The van der Waals surface area contributed by atoms with Crippen LogP contribution in [0.15, 0.2) is 48.7 Å². The van der Waals surface area contributed by atoms with E-state index in [0.29, 0.717) is 6.61 Å². The third-order valence-electron chi connectivity index (χ3n) is 2.68. The first-order chi connectivity index (χ1) is 10.2. The lowest BCUT2D eigenvalue weighted by atomic mass is 10.2. The van der Waals surface area contributed by atoms with Gasteiger partial charge in [0.25, 0.3) is 11.8 Å². The topological polar surface area (TPSA) is 94.3 Å². The smallest absolute Gasteiger partial charge is 0.252 e. The van der Waals surface area contributed by atoms with Gasteiger partial charge in [-0.2, -0.15) is 0 Å². The minimum Gasteiger partial charge on any atom is -0.367 e. The van der Waals surface area contributed by atoms with Crippen LogP contribution in [0.1, 0.15) is 15.9 Å². The van der Waals surface area contributed by atoms with Crippen molar-refractivity contribution in [1.82, 2.24) is 4.98 Å². The summed E-state index contributed by atoms with van der Waals surface area (Å²) in [7, 11) is 0. The number of carbonyl (C=O) groups is 2. The number of hydrogen-bond acceptors (Lipinski definition) is 4. The van der Waals surface area contributed by atoms with Crippen molar-refractivity contribution in [2.24, 2.45) is 5.73 Å². The molecule has 108 valence electrons. The molecule has 6 nitrogen and oxygen atoms in total. The summed E-state index contributed by atoms with van der Waals surface area (Å²) in [6.07, 6.45) is 1.47. The van der Waals surface area contributed by atoms with Crippen LogP contribution in [-0.2, 0) is 16.1 Å². The normalized spacial score (nSPS) is 10.1. The average Bonchev–Trinajstić information content (AvgIpc) is 2.48. The molecule has 0 saturated heterocycles. The maximum absolute atomic E-state index is 11.7. The monoisotopic (exact) mass is 285 g/mol. The number of amides is 2. The van der Waals surface area contributed by atoms with Crippen LogP contribution in [0.4, 0.5) is 5.82 Å². The van der Waals surface area contributed by atoms with Crippen LogP contribution in [0.5, 0.6) is 0 Å². The molecule has 3 N–H and O–H groups in total. The summed E-state index contributed by atoms with van der Waals surface area (Å²) < 4.78 is 5.30. The molecule has 21 heavy (non-hydrogen) atoms. The highest BCUT2D eigenvalue weighted by Crippen LogP contribution is 2.10. The lowest BCUT2D eigenvalue weighted by Gasteiger charge is -2.08. The summed E-state index contributed by atoms with van der Waals surface area (Å²) in [5.41, 5.74) is 6.34. The van der Waals surface area contributed by atoms with E-state index in [1.165, 1.54) is 12.3 Å². The molecule has 6 heteroatoms. The molecule has 0 saturated carbocycles. The zero-order valence-corrected chi connectivity index (χ0v) is 11.3. The van der Waals surface area contributed by atoms with E-state index in [9.17, 15) is 9.59 Å². The molecule has 1 heterocycles. The average molecular weight is 285 g/mol. The molecule has 0 bridgehead atoms. The third-order valence-corrected chi connectivity index (χ3v) is 2.68. The van der Waals surface area contributed by atoms with Gasteiger partial charge in [0.05, 0.1) is 12.2 Å². The molecule has 2 amide bonds. The fourth-order valence-corrected chi connectivity index (χ4v) is 1.71. The summed E-state index contributed by atoms with van der Waals surface area (Å²) in [4.78, 5) is 26.9. The Morgan fingerprint density at radius 1 is 1.14 bits per heavy atom. The van der Waals surface area contributed by atoms with Gasteiger partial charge >= 0.3 is 0 Å². The second-order valence-corrected chi connectivity index (χ2v) is 4.29. The lowest BCUT2D eigenvalue weighted by molar-refractivity contribution is -0.121. The molecule has 1 aromatic heterocycles. The Morgan fingerprint density at radius 2 is 1.90 bits per heavy atom.